The van der Waals surface area contributed by atoms with Crippen LogP contribution < -0.4 is 0 Å². The Kier molecular flexibility index (Phi) is 3.62. The van der Waals surface area contributed by atoms with E-state index in [1.165, 1.54) is 20.8 Å². The molecule has 0 saturated carbocycles. The van der Waals surface area contributed by atoms with E-state index in [1.54, 1.807) is 19.9 Å². The number of halogens is 1. The number of carbonyl (C=O) groups excluding carboxylic acids is 1. The van der Waals surface area contributed by atoms with Crippen molar-refractivity contribution in [2.45, 2.75) is 40.3 Å². The number of alkyl halides is 1. The third-order valence-corrected chi connectivity index (χ3v) is 2.21. The molecule has 1 nitrogen and oxygen atoms in total. The minimum Gasteiger partial charge on any atom is -0.295 e. The molecule has 0 aliphatic carbocycles. The first-order valence-corrected chi connectivity index (χ1v) is 4.16. The van der Waals surface area contributed by atoms with Crippen molar-refractivity contribution in [1.29, 1.82) is 0 Å². The molecular formula is C10H17FO. The number of hydrogen-bond donors (Lipinski definition) is 0. The van der Waals surface area contributed by atoms with Crippen LogP contribution in [0.3, 0.4) is 0 Å². The molecule has 0 bridgehead atoms. The zero-order valence-corrected chi connectivity index (χ0v) is 8.44. The van der Waals surface area contributed by atoms with Gasteiger partial charge in [0.1, 0.15) is 5.67 Å². The predicted molar refractivity (Wildman–Crippen MR) is 48.8 cm³/mol. The molecule has 0 heterocycles. The van der Waals surface area contributed by atoms with Gasteiger partial charge in [-0.05, 0) is 33.3 Å². The third-order valence-electron chi connectivity index (χ3n) is 2.21. The molecule has 1 unspecified atom stereocenters. The number of hydrogen-bond acceptors (Lipinski definition) is 1. The summed E-state index contributed by atoms with van der Waals surface area (Å²) in [5, 5.41) is 0. The fourth-order valence-electron chi connectivity index (χ4n) is 1.13. The minimum atomic E-state index is -1.33. The predicted octanol–water partition coefficient (Wildman–Crippen LogP) is 2.91. The molecule has 0 aromatic heterocycles. The molecule has 0 amide bonds. The maximum Gasteiger partial charge on any atom is 0.155 e. The summed E-state index contributed by atoms with van der Waals surface area (Å²) in [5.41, 5.74) is -0.754. The molecule has 0 saturated heterocycles. The zero-order chi connectivity index (χ0) is 9.94. The second-order valence-electron chi connectivity index (χ2n) is 3.59. The van der Waals surface area contributed by atoms with Crippen LogP contribution in [0.5, 0.6) is 0 Å². The van der Waals surface area contributed by atoms with Crippen LogP contribution in [0.15, 0.2) is 11.6 Å². The first-order chi connectivity index (χ1) is 5.30. The normalized spacial score (nSPS) is 16.0. The van der Waals surface area contributed by atoms with E-state index in [9.17, 15) is 9.18 Å². The van der Waals surface area contributed by atoms with E-state index in [2.05, 4.69) is 0 Å². The number of Topliss-reactive ketones (excluding diaryl/α,β-unsaturated/α-hetero) is 1. The summed E-state index contributed by atoms with van der Waals surface area (Å²) in [4.78, 5) is 11.0. The standard InChI is InChI=1S/C10H17FO/c1-6-9(8(3)12)7(2)10(4,5)11/h6-7H,1-5H3. The third kappa shape index (κ3) is 2.76. The molecule has 0 aromatic carbocycles. The Morgan fingerprint density at radius 1 is 1.50 bits per heavy atom. The van der Waals surface area contributed by atoms with Crippen LogP contribution in [0.25, 0.3) is 0 Å². The van der Waals surface area contributed by atoms with Gasteiger partial charge in [-0.2, -0.15) is 0 Å². The van der Waals surface area contributed by atoms with Crippen molar-refractivity contribution in [2.24, 2.45) is 5.92 Å². The number of carbonyl (C=O) groups is 1. The van der Waals surface area contributed by atoms with Crippen LogP contribution in [-0.2, 0) is 4.79 Å². The molecular weight excluding hydrogens is 155 g/mol. The van der Waals surface area contributed by atoms with E-state index in [4.69, 9.17) is 0 Å². The molecule has 2 heteroatoms. The van der Waals surface area contributed by atoms with Gasteiger partial charge >= 0.3 is 0 Å². The van der Waals surface area contributed by atoms with Crippen molar-refractivity contribution in [3.05, 3.63) is 11.6 Å². The SMILES string of the molecule is CC=C(C(C)=O)C(C)C(C)(C)F. The molecule has 0 spiro atoms. The average Bonchev–Trinajstić information content (AvgIpc) is 1.86. The van der Waals surface area contributed by atoms with Gasteiger partial charge in [0.15, 0.2) is 5.78 Å². The molecule has 0 radical (unpaired) electrons. The van der Waals surface area contributed by atoms with Crippen molar-refractivity contribution in [3.8, 4) is 0 Å². The van der Waals surface area contributed by atoms with Gasteiger partial charge in [0.25, 0.3) is 0 Å². The molecule has 0 rings (SSSR count). The first-order valence-electron chi connectivity index (χ1n) is 4.16. The molecule has 0 aromatic rings. The fraction of sp³-hybridized carbons (Fsp3) is 0.700. The molecule has 1 atom stereocenters. The van der Waals surface area contributed by atoms with Gasteiger partial charge in [-0.25, -0.2) is 4.39 Å². The van der Waals surface area contributed by atoms with Gasteiger partial charge in [0.05, 0.1) is 0 Å². The second kappa shape index (κ2) is 3.83. The lowest BCUT2D eigenvalue weighted by atomic mass is 9.85. The molecule has 0 N–H and O–H groups in total. The summed E-state index contributed by atoms with van der Waals surface area (Å²) in [5.74, 6) is -0.379. The first kappa shape index (κ1) is 11.3. The van der Waals surface area contributed by atoms with E-state index < -0.39 is 5.67 Å². The molecule has 0 fully saturated rings. The lowest BCUT2D eigenvalue weighted by Gasteiger charge is -2.24. The summed E-state index contributed by atoms with van der Waals surface area (Å²) in [6, 6.07) is 0. The Morgan fingerprint density at radius 3 is 2.00 bits per heavy atom. The van der Waals surface area contributed by atoms with Crippen molar-refractivity contribution in [1.82, 2.24) is 0 Å². The summed E-state index contributed by atoms with van der Waals surface area (Å²) in [6.45, 7) is 7.95. The van der Waals surface area contributed by atoms with Crippen LogP contribution in [0.1, 0.15) is 34.6 Å². The van der Waals surface area contributed by atoms with E-state index in [1.807, 2.05) is 0 Å². The monoisotopic (exact) mass is 172 g/mol. The Morgan fingerprint density at radius 2 is 1.92 bits per heavy atom. The van der Waals surface area contributed by atoms with E-state index in [-0.39, 0.29) is 11.7 Å². The Balaban J connectivity index is 4.68. The van der Waals surface area contributed by atoms with E-state index in [0.717, 1.165) is 0 Å². The zero-order valence-electron chi connectivity index (χ0n) is 8.44. The quantitative estimate of drug-likeness (QED) is 0.598. The van der Waals surface area contributed by atoms with Crippen molar-refractivity contribution < 1.29 is 9.18 Å². The van der Waals surface area contributed by atoms with Crippen LogP contribution in [0.4, 0.5) is 4.39 Å². The number of rotatable bonds is 3. The van der Waals surface area contributed by atoms with Gasteiger partial charge < -0.3 is 0 Å². The van der Waals surface area contributed by atoms with Crippen molar-refractivity contribution >= 4 is 5.78 Å². The fourth-order valence-corrected chi connectivity index (χ4v) is 1.13. The average molecular weight is 172 g/mol. The summed E-state index contributed by atoms with van der Waals surface area (Å²) in [6.07, 6.45) is 1.69. The molecule has 0 aliphatic rings. The smallest absolute Gasteiger partial charge is 0.155 e. The molecule has 12 heavy (non-hydrogen) atoms. The van der Waals surface area contributed by atoms with Crippen LogP contribution in [-0.4, -0.2) is 11.5 Å². The van der Waals surface area contributed by atoms with Crippen LogP contribution in [0, 0.1) is 5.92 Å². The highest BCUT2D eigenvalue weighted by Crippen LogP contribution is 2.27. The maximum atomic E-state index is 13.4. The summed E-state index contributed by atoms with van der Waals surface area (Å²) in [7, 11) is 0. The summed E-state index contributed by atoms with van der Waals surface area (Å²) < 4.78 is 13.4. The van der Waals surface area contributed by atoms with Gasteiger partial charge in [0.2, 0.25) is 0 Å². The molecule has 70 valence electrons. The highest BCUT2D eigenvalue weighted by Gasteiger charge is 2.29. The van der Waals surface area contributed by atoms with Crippen LogP contribution in [0.2, 0.25) is 0 Å². The minimum absolute atomic E-state index is 0.0456. The summed E-state index contributed by atoms with van der Waals surface area (Å²) >= 11 is 0. The van der Waals surface area contributed by atoms with Gasteiger partial charge in [-0.3, -0.25) is 4.79 Å². The maximum absolute atomic E-state index is 13.4. The lowest BCUT2D eigenvalue weighted by Crippen LogP contribution is -2.27. The van der Waals surface area contributed by atoms with Crippen LogP contribution >= 0.6 is 0 Å². The van der Waals surface area contributed by atoms with Gasteiger partial charge in [-0.1, -0.05) is 13.0 Å². The van der Waals surface area contributed by atoms with Gasteiger partial charge in [-0.15, -0.1) is 0 Å². The Labute approximate surface area is 73.7 Å². The highest BCUT2D eigenvalue weighted by molar-refractivity contribution is 5.93. The Bertz CT molecular complexity index is 198. The van der Waals surface area contributed by atoms with Crippen molar-refractivity contribution in [2.75, 3.05) is 0 Å². The topological polar surface area (TPSA) is 17.1 Å². The largest absolute Gasteiger partial charge is 0.295 e. The van der Waals surface area contributed by atoms with E-state index >= 15 is 0 Å². The number of allylic oxidation sites excluding steroid dienone is 2. The lowest BCUT2D eigenvalue weighted by molar-refractivity contribution is -0.114. The van der Waals surface area contributed by atoms with E-state index in [0.29, 0.717) is 5.57 Å². The highest BCUT2D eigenvalue weighted by atomic mass is 19.1. The number of ketones is 1. The van der Waals surface area contributed by atoms with Gasteiger partial charge in [0, 0.05) is 5.92 Å². The van der Waals surface area contributed by atoms with Crippen molar-refractivity contribution in [3.63, 3.8) is 0 Å². The second-order valence-corrected chi connectivity index (χ2v) is 3.59. The molecule has 0 aliphatic heterocycles. The Hall–Kier alpha value is -0.660.